The fourth-order valence-corrected chi connectivity index (χ4v) is 1.78. The predicted molar refractivity (Wildman–Crippen MR) is 80.9 cm³/mol. The van der Waals surface area contributed by atoms with E-state index in [4.69, 9.17) is 0 Å². The van der Waals surface area contributed by atoms with Crippen LogP contribution in [-0.2, 0) is 11.3 Å². The van der Waals surface area contributed by atoms with Gasteiger partial charge in [-0.1, -0.05) is 24.3 Å². The van der Waals surface area contributed by atoms with Crippen molar-refractivity contribution in [3.8, 4) is 0 Å². The highest BCUT2D eigenvalue weighted by Crippen LogP contribution is 2.14. The zero-order valence-electron chi connectivity index (χ0n) is 12.8. The van der Waals surface area contributed by atoms with Gasteiger partial charge in [0.1, 0.15) is 6.61 Å². The summed E-state index contributed by atoms with van der Waals surface area (Å²) in [5.41, 5.74) is 2.35. The van der Waals surface area contributed by atoms with Crippen LogP contribution in [0.4, 0.5) is 13.2 Å². The lowest BCUT2D eigenvalue weighted by atomic mass is 10.1. The van der Waals surface area contributed by atoms with Gasteiger partial charge in [-0.05, 0) is 24.5 Å². The minimum absolute atomic E-state index is 0.0568. The van der Waals surface area contributed by atoms with E-state index in [0.29, 0.717) is 25.5 Å². The van der Waals surface area contributed by atoms with Crippen molar-refractivity contribution < 1.29 is 17.9 Å². The van der Waals surface area contributed by atoms with Crippen LogP contribution in [-0.4, -0.2) is 38.9 Å². The Morgan fingerprint density at radius 3 is 2.59 bits per heavy atom. The SMILES string of the molecule is CN=C(NCCCOCC(F)(F)F)NCc1ccccc1C. The lowest BCUT2D eigenvalue weighted by Crippen LogP contribution is -2.37. The van der Waals surface area contributed by atoms with E-state index >= 15 is 0 Å². The van der Waals surface area contributed by atoms with Crippen LogP contribution in [0.1, 0.15) is 17.5 Å². The van der Waals surface area contributed by atoms with Crippen molar-refractivity contribution in [3.05, 3.63) is 35.4 Å². The Labute approximate surface area is 128 Å². The fraction of sp³-hybridized carbons (Fsp3) is 0.533. The highest BCUT2D eigenvalue weighted by Gasteiger charge is 2.27. The molecule has 0 spiro atoms. The first-order valence-electron chi connectivity index (χ1n) is 7.06. The number of guanidine groups is 1. The number of alkyl halides is 3. The number of nitrogens with zero attached hydrogens (tertiary/aromatic N) is 1. The van der Waals surface area contributed by atoms with Gasteiger partial charge in [-0.25, -0.2) is 0 Å². The minimum atomic E-state index is -4.27. The molecule has 0 unspecified atom stereocenters. The number of hydrogen-bond donors (Lipinski definition) is 2. The Bertz CT molecular complexity index is 475. The number of rotatable bonds is 7. The van der Waals surface area contributed by atoms with Crippen LogP contribution >= 0.6 is 0 Å². The molecule has 0 saturated carbocycles. The maximum atomic E-state index is 11.9. The third-order valence-electron chi connectivity index (χ3n) is 2.95. The number of aliphatic imine (C=N–C) groups is 1. The summed E-state index contributed by atoms with van der Waals surface area (Å²) in [6, 6.07) is 8.01. The monoisotopic (exact) mass is 317 g/mol. The first-order valence-corrected chi connectivity index (χ1v) is 7.06. The molecule has 1 rings (SSSR count). The standard InChI is InChI=1S/C15H22F3N3O/c1-12-6-3-4-7-13(12)10-21-14(19-2)20-8-5-9-22-11-15(16,17)18/h3-4,6-7H,5,8-11H2,1-2H3,(H2,19,20,21). The van der Waals surface area contributed by atoms with Gasteiger partial charge in [0, 0.05) is 26.7 Å². The minimum Gasteiger partial charge on any atom is -0.372 e. The molecule has 2 N–H and O–H groups in total. The van der Waals surface area contributed by atoms with Crippen molar-refractivity contribution in [2.45, 2.75) is 26.1 Å². The highest BCUT2D eigenvalue weighted by atomic mass is 19.4. The van der Waals surface area contributed by atoms with Crippen molar-refractivity contribution in [1.29, 1.82) is 0 Å². The lowest BCUT2D eigenvalue weighted by molar-refractivity contribution is -0.173. The molecule has 0 fully saturated rings. The van der Waals surface area contributed by atoms with Gasteiger partial charge in [0.15, 0.2) is 5.96 Å². The molecule has 0 aliphatic carbocycles. The normalized spacial score (nSPS) is 12.3. The van der Waals surface area contributed by atoms with Gasteiger partial charge in [-0.2, -0.15) is 13.2 Å². The van der Waals surface area contributed by atoms with Gasteiger partial charge in [-0.3, -0.25) is 4.99 Å². The van der Waals surface area contributed by atoms with Crippen LogP contribution in [0.25, 0.3) is 0 Å². The average molecular weight is 317 g/mol. The number of halogens is 3. The van der Waals surface area contributed by atoms with E-state index in [1.165, 1.54) is 11.1 Å². The van der Waals surface area contributed by atoms with Crippen molar-refractivity contribution in [1.82, 2.24) is 10.6 Å². The quantitative estimate of drug-likeness (QED) is 0.462. The number of nitrogens with one attached hydrogen (secondary N) is 2. The molecule has 0 radical (unpaired) electrons. The van der Waals surface area contributed by atoms with E-state index in [2.05, 4.69) is 20.4 Å². The van der Waals surface area contributed by atoms with Crippen molar-refractivity contribution in [2.75, 3.05) is 26.8 Å². The lowest BCUT2D eigenvalue weighted by Gasteiger charge is -2.13. The molecule has 1 aromatic carbocycles. The topological polar surface area (TPSA) is 45.7 Å². The molecular weight excluding hydrogens is 295 g/mol. The molecular formula is C15H22F3N3O. The van der Waals surface area contributed by atoms with Gasteiger partial charge in [-0.15, -0.1) is 0 Å². The van der Waals surface area contributed by atoms with Gasteiger partial charge in [0.05, 0.1) is 0 Å². The summed E-state index contributed by atoms with van der Waals surface area (Å²) in [6.07, 6.45) is -3.79. The van der Waals surface area contributed by atoms with Gasteiger partial charge < -0.3 is 15.4 Å². The largest absolute Gasteiger partial charge is 0.411 e. The Morgan fingerprint density at radius 2 is 1.95 bits per heavy atom. The molecule has 0 aliphatic heterocycles. The predicted octanol–water partition coefficient (Wildman–Crippen LogP) is 2.63. The zero-order chi connectivity index (χ0) is 16.4. The molecule has 0 bridgehead atoms. The molecule has 0 saturated heterocycles. The van der Waals surface area contributed by atoms with E-state index in [0.717, 1.165) is 0 Å². The van der Waals surface area contributed by atoms with Crippen LogP contribution in [0.5, 0.6) is 0 Å². The smallest absolute Gasteiger partial charge is 0.372 e. The number of benzene rings is 1. The summed E-state index contributed by atoms with van der Waals surface area (Å²) < 4.78 is 40.1. The number of aryl methyl sites for hydroxylation is 1. The molecule has 0 aromatic heterocycles. The average Bonchev–Trinajstić information content (AvgIpc) is 2.46. The third kappa shape index (κ3) is 7.87. The zero-order valence-corrected chi connectivity index (χ0v) is 12.8. The van der Waals surface area contributed by atoms with E-state index in [1.54, 1.807) is 7.05 Å². The summed E-state index contributed by atoms with van der Waals surface area (Å²) in [4.78, 5) is 4.06. The van der Waals surface area contributed by atoms with E-state index in [9.17, 15) is 13.2 Å². The Morgan fingerprint density at radius 1 is 1.23 bits per heavy atom. The molecule has 22 heavy (non-hydrogen) atoms. The second-order valence-electron chi connectivity index (χ2n) is 4.80. The molecule has 0 aliphatic rings. The van der Waals surface area contributed by atoms with E-state index < -0.39 is 12.8 Å². The van der Waals surface area contributed by atoms with Crippen LogP contribution < -0.4 is 10.6 Å². The maximum Gasteiger partial charge on any atom is 0.411 e. The molecule has 1 aromatic rings. The third-order valence-corrected chi connectivity index (χ3v) is 2.95. The van der Waals surface area contributed by atoms with Crippen LogP contribution in [0.2, 0.25) is 0 Å². The Kier molecular flexibility index (Phi) is 7.73. The summed E-state index contributed by atoms with van der Waals surface area (Å²) >= 11 is 0. The van der Waals surface area contributed by atoms with Crippen LogP contribution in [0, 0.1) is 6.92 Å². The Balaban J connectivity index is 2.19. The molecule has 0 amide bonds. The summed E-state index contributed by atoms with van der Waals surface area (Å²) in [5, 5.41) is 6.19. The molecule has 0 atom stereocenters. The van der Waals surface area contributed by atoms with E-state index in [1.807, 2.05) is 31.2 Å². The second kappa shape index (κ2) is 9.30. The molecule has 124 valence electrons. The van der Waals surface area contributed by atoms with Crippen molar-refractivity contribution in [2.24, 2.45) is 4.99 Å². The molecule has 7 heteroatoms. The molecule has 4 nitrogen and oxygen atoms in total. The summed E-state index contributed by atoms with van der Waals surface area (Å²) in [6.45, 7) is 2.02. The second-order valence-corrected chi connectivity index (χ2v) is 4.80. The first kappa shape index (κ1) is 18.3. The van der Waals surface area contributed by atoms with Crippen LogP contribution in [0.15, 0.2) is 29.3 Å². The van der Waals surface area contributed by atoms with Crippen molar-refractivity contribution in [3.63, 3.8) is 0 Å². The highest BCUT2D eigenvalue weighted by molar-refractivity contribution is 5.79. The van der Waals surface area contributed by atoms with Crippen LogP contribution in [0.3, 0.4) is 0 Å². The van der Waals surface area contributed by atoms with Gasteiger partial charge in [0.2, 0.25) is 0 Å². The summed E-state index contributed by atoms with van der Waals surface area (Å²) in [5.74, 6) is 0.610. The Hall–Kier alpha value is -1.76. The van der Waals surface area contributed by atoms with Crippen molar-refractivity contribution >= 4 is 5.96 Å². The number of hydrogen-bond acceptors (Lipinski definition) is 2. The first-order chi connectivity index (χ1) is 10.4. The number of ether oxygens (including phenoxy) is 1. The molecule has 0 heterocycles. The van der Waals surface area contributed by atoms with Gasteiger partial charge >= 0.3 is 6.18 Å². The maximum absolute atomic E-state index is 11.9. The van der Waals surface area contributed by atoms with E-state index in [-0.39, 0.29) is 6.61 Å². The summed E-state index contributed by atoms with van der Waals surface area (Å²) in [7, 11) is 1.65. The fourth-order valence-electron chi connectivity index (χ4n) is 1.78. The van der Waals surface area contributed by atoms with Gasteiger partial charge in [0.25, 0.3) is 0 Å².